The van der Waals surface area contributed by atoms with Crippen molar-refractivity contribution in [2.45, 2.75) is 191 Å². The van der Waals surface area contributed by atoms with Crippen molar-refractivity contribution in [3.8, 4) is 0 Å². The smallest absolute Gasteiger partial charge is 0.509 e. The molecule has 9 N–H and O–H groups in total. The van der Waals surface area contributed by atoms with Gasteiger partial charge < -0.3 is 117 Å². The molecule has 11 rings (SSSR count). The second-order valence-electron chi connectivity index (χ2n) is 29.3. The van der Waals surface area contributed by atoms with Crippen LogP contribution in [0, 0.1) is 59.2 Å². The summed E-state index contributed by atoms with van der Waals surface area (Å²) in [6.45, 7) is 20.4. The summed E-state index contributed by atoms with van der Waals surface area (Å²) in [5.74, 6) is -1.58. The number of ether oxygens (including phenoxy) is 14. The minimum atomic E-state index is -1.74. The van der Waals surface area contributed by atoms with Gasteiger partial charge in [0.2, 0.25) is 6.29 Å². The number of halogens is 1. The van der Waals surface area contributed by atoms with Crippen LogP contribution in [0.15, 0.2) is 152 Å². The minimum Gasteiger partial charge on any atom is -0.509 e. The third-order valence-electron chi connectivity index (χ3n) is 22.2. The van der Waals surface area contributed by atoms with Gasteiger partial charge in [-0.3, -0.25) is 0 Å². The summed E-state index contributed by atoms with van der Waals surface area (Å²) in [6, 6.07) is 44.1. The zero-order valence-corrected chi connectivity index (χ0v) is 67.8. The van der Waals surface area contributed by atoms with E-state index in [0.29, 0.717) is 27.8 Å². The van der Waals surface area contributed by atoms with Crippen molar-refractivity contribution >= 4 is 52.2 Å². The Morgan fingerprint density at radius 2 is 0.658 bits per heavy atom. The van der Waals surface area contributed by atoms with Crippen LogP contribution in [0.1, 0.15) is 121 Å². The number of rotatable bonds is 23. The van der Waals surface area contributed by atoms with Gasteiger partial charge in [-0.05, 0) is 109 Å². The Hall–Kier alpha value is -6.58. The maximum atomic E-state index is 13.0. The summed E-state index contributed by atoms with van der Waals surface area (Å²) in [7, 11) is 0. The summed E-state index contributed by atoms with van der Waals surface area (Å²) >= 11 is 3.63. The second kappa shape index (κ2) is 46.0. The van der Waals surface area contributed by atoms with Crippen LogP contribution in [-0.2, 0) is 98.4 Å². The number of benzene rings is 5. The van der Waals surface area contributed by atoms with E-state index in [1.54, 1.807) is 109 Å². The van der Waals surface area contributed by atoms with Crippen molar-refractivity contribution in [3.63, 3.8) is 0 Å². The van der Waals surface area contributed by atoms with E-state index in [4.69, 9.17) is 81.5 Å². The molecular formula is C82H106AgBrO30. The van der Waals surface area contributed by atoms with E-state index in [0.717, 1.165) is 6.47 Å². The predicted molar refractivity (Wildman–Crippen MR) is 402 cm³/mol. The van der Waals surface area contributed by atoms with Gasteiger partial charge in [0.1, 0.15) is 92.5 Å². The molecule has 30 atom stereocenters. The van der Waals surface area contributed by atoms with Crippen molar-refractivity contribution in [3.05, 3.63) is 179 Å². The van der Waals surface area contributed by atoms with Gasteiger partial charge in [0, 0.05) is 17.8 Å². The molecule has 30 nitrogen and oxygen atoms in total. The van der Waals surface area contributed by atoms with Gasteiger partial charge in [-0.1, -0.05) is 176 Å². The molecule has 5 aromatic rings. The number of aliphatic hydroxyl groups is 8. The molecule has 0 amide bonds. The van der Waals surface area contributed by atoms with E-state index in [-0.39, 0.29) is 131 Å². The summed E-state index contributed by atoms with van der Waals surface area (Å²) < 4.78 is 82.7. The Labute approximate surface area is 686 Å². The molecule has 6 heterocycles. The molecule has 30 unspecified atom stereocenters. The van der Waals surface area contributed by atoms with Gasteiger partial charge in [0.25, 0.3) is 0 Å². The molecule has 0 saturated carbocycles. The zero-order chi connectivity index (χ0) is 82.3. The van der Waals surface area contributed by atoms with Crippen molar-refractivity contribution in [1.82, 2.24) is 0 Å². The Balaban J connectivity index is 0.000000242. The number of esters is 5. The molecule has 6 fully saturated rings. The number of aliphatic hydroxyl groups excluding tert-OH is 8. The molecule has 6 saturated heterocycles. The molecule has 32 heteroatoms. The average molecular weight is 1760 g/mol. The van der Waals surface area contributed by atoms with Gasteiger partial charge in [-0.15, -0.1) is 0 Å². The van der Waals surface area contributed by atoms with E-state index in [2.05, 4.69) is 76.2 Å². The molecule has 114 heavy (non-hydrogen) atoms. The predicted octanol–water partition coefficient (Wildman–Crippen LogP) is 6.83. The van der Waals surface area contributed by atoms with Gasteiger partial charge in [0.15, 0.2) is 25.2 Å². The summed E-state index contributed by atoms with van der Waals surface area (Å²) in [6.07, 6.45) is -20.5. The van der Waals surface area contributed by atoms with Crippen LogP contribution in [0.5, 0.6) is 0 Å². The van der Waals surface area contributed by atoms with Gasteiger partial charge in [0.05, 0.1) is 65.4 Å². The molecular weight excluding hydrogens is 1650 g/mol. The average Bonchev–Trinajstić information content (AvgIpc) is 0.788. The minimum absolute atomic E-state index is 0. The standard InChI is InChI=1S/C38H44O9.C31H39BrO7.C12H22O11.CHO3.Ag/c1-23-24(2)31(21-42-34(39)28-15-9-6-10-16-28)44-37(26(23)4)46-33-25(3)27(5)38(47-36(41)30-19-13-8-14-20-30)45-32(33)22-43-35(40)29-17-11-7-12-18-29;1-18-19(2)25(16-35-29(33)23-12-8-6-9-13-23)38-31(22(18)5)39-27-20(3)21(4)28(32)37-26(27)17-36-30(34)24-14-10-7-11-15-24;13-1-3-5(15)6(16)9(19)12(22-3)23-10-4(2-14)21-11(20)8(18)7(10)17;2-1-4-3;/h6-20,23-27,31-33,37-38H,21-22H2,1-5H3;6-15,18-22,25-28,31H,16-17H2,1-5H3;3-20H,1-2H2;3H;/q;;;-1;+1. The van der Waals surface area contributed by atoms with Crippen molar-refractivity contribution < 1.29 is 168 Å². The Kier molecular flexibility index (Phi) is 38.1. The monoisotopic (exact) mass is 1760 g/mol. The first kappa shape index (κ1) is 94.6. The first-order valence-corrected chi connectivity index (χ1v) is 38.6. The van der Waals surface area contributed by atoms with E-state index in [1.165, 1.54) is 0 Å². The normalized spacial score (nSPS) is 35.1. The van der Waals surface area contributed by atoms with Crippen LogP contribution in [0.25, 0.3) is 0 Å². The maximum Gasteiger partial charge on any atom is 1.00 e. The van der Waals surface area contributed by atoms with Crippen LogP contribution in [0.3, 0.4) is 0 Å². The van der Waals surface area contributed by atoms with E-state index in [9.17, 15) is 59.7 Å². The van der Waals surface area contributed by atoms with Crippen LogP contribution in [0.2, 0.25) is 0 Å². The summed E-state index contributed by atoms with van der Waals surface area (Å²) in [5.41, 5.74) is 2.29. The number of carbonyl (C=O) groups excluding carboxylic acids is 6. The fraction of sp³-hybridized carbons (Fsp3) is 0.561. The van der Waals surface area contributed by atoms with Crippen LogP contribution in [-0.4, -0.2) is 244 Å². The summed E-state index contributed by atoms with van der Waals surface area (Å²) in [4.78, 5) is 75.1. The first-order valence-electron chi connectivity index (χ1n) is 37.7. The number of alkyl halides is 1. The van der Waals surface area contributed by atoms with Gasteiger partial charge >= 0.3 is 52.2 Å². The molecule has 5 aromatic carbocycles. The van der Waals surface area contributed by atoms with Crippen molar-refractivity contribution in [2.24, 2.45) is 59.2 Å². The van der Waals surface area contributed by atoms with Crippen LogP contribution >= 0.6 is 15.9 Å². The van der Waals surface area contributed by atoms with E-state index < -0.39 is 142 Å². The van der Waals surface area contributed by atoms with E-state index >= 15 is 0 Å². The van der Waals surface area contributed by atoms with Crippen LogP contribution in [0.4, 0.5) is 0 Å². The Morgan fingerprint density at radius 3 is 1.03 bits per heavy atom. The Morgan fingerprint density at radius 1 is 0.342 bits per heavy atom. The third kappa shape index (κ3) is 25.0. The number of carbonyl (C=O) groups is 5. The van der Waals surface area contributed by atoms with Crippen LogP contribution < -0.4 is 0 Å². The van der Waals surface area contributed by atoms with Gasteiger partial charge in [-0.2, -0.15) is 0 Å². The third-order valence-corrected chi connectivity index (χ3v) is 23.3. The SMILES string of the molecule is CC1C(Br)OC(COC(=O)c2ccccc2)C(OC2OC(COC(=O)c3ccccc3)C(C)C(C)C2C)C1C.CC1C(COC(=O)c2ccccc2)OC(OC2C(COC(=O)c3ccccc3)OC(OC(=O)c3ccccc3)C(C)C2C)C(C)C1C.O=[C-]OO.OCC1OC(OC2C(CO)OC(O)C(O)C2O)C(O)C(O)C1O.[Ag+]. The molecule has 0 aliphatic carbocycles. The maximum absolute atomic E-state index is 13.0. The van der Waals surface area contributed by atoms with Gasteiger partial charge in [-0.25, -0.2) is 29.2 Å². The molecule has 632 valence electrons. The topological polar surface area (TPSA) is 423 Å². The summed E-state index contributed by atoms with van der Waals surface area (Å²) in [5, 5.41) is 83.2. The second-order valence-corrected chi connectivity index (χ2v) is 30.2. The van der Waals surface area contributed by atoms with E-state index in [1.807, 2.05) is 56.3 Å². The van der Waals surface area contributed by atoms with Crippen molar-refractivity contribution in [2.75, 3.05) is 39.6 Å². The molecule has 6 aliphatic rings. The number of hydrogen-bond acceptors (Lipinski definition) is 30. The zero-order valence-electron chi connectivity index (χ0n) is 64.8. The fourth-order valence-electron chi connectivity index (χ4n) is 13.9. The van der Waals surface area contributed by atoms with Crippen molar-refractivity contribution in [1.29, 1.82) is 0 Å². The largest absolute Gasteiger partial charge is 1.00 e. The first-order chi connectivity index (χ1) is 54.0. The molecule has 6 aliphatic heterocycles. The molecule has 0 bridgehead atoms. The molecule has 0 spiro atoms. The molecule has 0 aromatic heterocycles. The fourth-order valence-corrected chi connectivity index (χ4v) is 14.6. The Bertz CT molecular complexity index is 3690. The quantitative estimate of drug-likeness (QED) is 0.00615. The number of hydrogen-bond donors (Lipinski definition) is 9. The molecule has 0 radical (unpaired) electrons.